The molecule has 2 fully saturated rings. The summed E-state index contributed by atoms with van der Waals surface area (Å²) in [6, 6.07) is 4.07. The van der Waals surface area contributed by atoms with E-state index in [1.165, 1.54) is 5.56 Å². The number of rotatable bonds is 2. The van der Waals surface area contributed by atoms with Crippen LogP contribution in [-0.2, 0) is 4.74 Å². The van der Waals surface area contributed by atoms with Gasteiger partial charge in [0.25, 0.3) is 0 Å². The van der Waals surface area contributed by atoms with Crippen molar-refractivity contribution in [3.05, 3.63) is 42.1 Å². The average Bonchev–Trinajstić information content (AvgIpc) is 3.00. The molecule has 2 aliphatic rings. The van der Waals surface area contributed by atoms with Gasteiger partial charge in [-0.05, 0) is 43.9 Å². The highest BCUT2D eigenvalue weighted by atomic mass is 16.5. The Morgan fingerprint density at radius 3 is 2.87 bits per heavy atom. The maximum absolute atomic E-state index is 6.28. The number of hydrogen-bond acceptors (Lipinski definition) is 6. The summed E-state index contributed by atoms with van der Waals surface area (Å²) >= 11 is 0. The van der Waals surface area contributed by atoms with Gasteiger partial charge in [0, 0.05) is 31.4 Å². The van der Waals surface area contributed by atoms with Gasteiger partial charge in [0.05, 0.1) is 17.9 Å². The second-order valence-electron chi connectivity index (χ2n) is 6.62. The molecule has 0 aliphatic carbocycles. The van der Waals surface area contributed by atoms with E-state index < -0.39 is 0 Å². The Morgan fingerprint density at radius 2 is 2.09 bits per heavy atom. The van der Waals surface area contributed by atoms with Crippen LogP contribution in [0.1, 0.15) is 36.4 Å². The van der Waals surface area contributed by atoms with Gasteiger partial charge in [-0.15, -0.1) is 5.10 Å². The van der Waals surface area contributed by atoms with Crippen LogP contribution in [0.2, 0.25) is 0 Å². The van der Waals surface area contributed by atoms with Crippen molar-refractivity contribution in [3.8, 4) is 0 Å². The molecule has 0 bridgehead atoms. The number of aromatic nitrogens is 4. The molecule has 0 radical (unpaired) electrons. The Balaban J connectivity index is 1.50. The molecule has 0 amide bonds. The largest absolute Gasteiger partial charge is 0.372 e. The maximum atomic E-state index is 6.28. The van der Waals surface area contributed by atoms with E-state index in [1.807, 2.05) is 25.4 Å². The Hall–Kier alpha value is -2.08. The molecule has 6 nitrogen and oxygen atoms in total. The first kappa shape index (κ1) is 14.5. The van der Waals surface area contributed by atoms with Gasteiger partial charge in [-0.1, -0.05) is 0 Å². The van der Waals surface area contributed by atoms with Crippen LogP contribution in [0, 0.1) is 6.92 Å². The Labute approximate surface area is 135 Å². The molecule has 6 heteroatoms. The number of piperidine rings is 1. The number of nitrogens with zero attached hydrogens (tertiary/aromatic N) is 5. The second kappa shape index (κ2) is 5.85. The smallest absolute Gasteiger partial charge is 0.151 e. The van der Waals surface area contributed by atoms with Crippen LogP contribution in [0.3, 0.4) is 0 Å². The standard InChI is InChI=1S/C17H21N5O/c1-13-3-4-16(21-20-13)22-6-2-5-17(11-22)7-14(10-23-17)15-8-18-12-19-9-15/h3-4,8-9,12,14H,2,5-7,10-11H2,1H3. The van der Waals surface area contributed by atoms with Crippen LogP contribution in [0.4, 0.5) is 5.82 Å². The zero-order valence-electron chi connectivity index (χ0n) is 13.4. The summed E-state index contributed by atoms with van der Waals surface area (Å²) in [6.07, 6.45) is 8.64. The van der Waals surface area contributed by atoms with E-state index in [-0.39, 0.29) is 5.60 Å². The molecule has 2 saturated heterocycles. The third kappa shape index (κ3) is 2.91. The van der Waals surface area contributed by atoms with E-state index in [1.54, 1.807) is 6.33 Å². The van der Waals surface area contributed by atoms with Crippen LogP contribution in [0.15, 0.2) is 30.9 Å². The quantitative estimate of drug-likeness (QED) is 0.846. The zero-order valence-corrected chi connectivity index (χ0v) is 13.4. The molecule has 4 heterocycles. The summed E-state index contributed by atoms with van der Waals surface area (Å²) in [7, 11) is 0. The van der Waals surface area contributed by atoms with E-state index in [9.17, 15) is 0 Å². The van der Waals surface area contributed by atoms with Gasteiger partial charge in [0.1, 0.15) is 6.33 Å². The SMILES string of the molecule is Cc1ccc(N2CCCC3(CC(c4cncnc4)CO3)C2)nn1. The Morgan fingerprint density at radius 1 is 1.22 bits per heavy atom. The Bertz CT molecular complexity index is 662. The van der Waals surface area contributed by atoms with E-state index in [2.05, 4.69) is 31.1 Å². The highest BCUT2D eigenvalue weighted by Crippen LogP contribution is 2.42. The summed E-state index contributed by atoms with van der Waals surface area (Å²) in [5, 5.41) is 8.52. The molecule has 120 valence electrons. The average molecular weight is 311 g/mol. The zero-order chi connectivity index (χ0) is 15.7. The monoisotopic (exact) mass is 311 g/mol. The van der Waals surface area contributed by atoms with Gasteiger partial charge in [-0.3, -0.25) is 0 Å². The number of ether oxygens (including phenoxy) is 1. The summed E-state index contributed by atoms with van der Waals surface area (Å²) in [5.74, 6) is 1.34. The topological polar surface area (TPSA) is 64.0 Å². The normalized spacial score (nSPS) is 27.5. The van der Waals surface area contributed by atoms with Crippen LogP contribution < -0.4 is 4.90 Å². The lowest BCUT2D eigenvalue weighted by atomic mass is 9.85. The van der Waals surface area contributed by atoms with Crippen molar-refractivity contribution >= 4 is 5.82 Å². The van der Waals surface area contributed by atoms with Gasteiger partial charge in [0.15, 0.2) is 5.82 Å². The molecular weight excluding hydrogens is 290 g/mol. The fourth-order valence-corrected chi connectivity index (χ4v) is 3.72. The van der Waals surface area contributed by atoms with Crippen molar-refractivity contribution in [1.29, 1.82) is 0 Å². The van der Waals surface area contributed by atoms with Gasteiger partial charge in [0.2, 0.25) is 0 Å². The minimum absolute atomic E-state index is 0.0781. The second-order valence-corrected chi connectivity index (χ2v) is 6.62. The molecule has 2 aliphatic heterocycles. The van der Waals surface area contributed by atoms with Gasteiger partial charge in [-0.2, -0.15) is 5.10 Å². The van der Waals surface area contributed by atoms with Crippen molar-refractivity contribution in [1.82, 2.24) is 20.2 Å². The first-order chi connectivity index (χ1) is 11.2. The number of aryl methyl sites for hydroxylation is 1. The minimum Gasteiger partial charge on any atom is -0.372 e. The summed E-state index contributed by atoms with van der Waals surface area (Å²) in [5.41, 5.74) is 2.05. The third-order valence-corrected chi connectivity index (χ3v) is 4.91. The van der Waals surface area contributed by atoms with Crippen molar-refractivity contribution in [2.24, 2.45) is 0 Å². The van der Waals surface area contributed by atoms with Crippen molar-refractivity contribution in [2.75, 3.05) is 24.6 Å². The highest BCUT2D eigenvalue weighted by Gasteiger charge is 2.44. The third-order valence-electron chi connectivity index (χ3n) is 4.91. The molecular formula is C17H21N5O. The van der Waals surface area contributed by atoms with Crippen LogP contribution in [0.5, 0.6) is 0 Å². The minimum atomic E-state index is -0.0781. The summed E-state index contributed by atoms with van der Waals surface area (Å²) < 4.78 is 6.28. The van der Waals surface area contributed by atoms with Crippen molar-refractivity contribution < 1.29 is 4.74 Å². The maximum Gasteiger partial charge on any atom is 0.151 e. The number of anilines is 1. The highest BCUT2D eigenvalue weighted by molar-refractivity contribution is 5.39. The van der Waals surface area contributed by atoms with Gasteiger partial charge in [-0.25, -0.2) is 9.97 Å². The van der Waals surface area contributed by atoms with Crippen LogP contribution in [0.25, 0.3) is 0 Å². The predicted octanol–water partition coefficient (Wildman–Crippen LogP) is 2.12. The van der Waals surface area contributed by atoms with E-state index >= 15 is 0 Å². The molecule has 2 aromatic rings. The predicted molar refractivity (Wildman–Crippen MR) is 86.3 cm³/mol. The molecule has 0 N–H and O–H groups in total. The Kier molecular flexibility index (Phi) is 3.69. The molecule has 2 atom stereocenters. The molecule has 4 rings (SSSR count). The van der Waals surface area contributed by atoms with Crippen LogP contribution >= 0.6 is 0 Å². The van der Waals surface area contributed by atoms with Crippen molar-refractivity contribution in [2.45, 2.75) is 37.7 Å². The number of hydrogen-bond donors (Lipinski definition) is 0. The van der Waals surface area contributed by atoms with Crippen LogP contribution in [-0.4, -0.2) is 45.5 Å². The molecule has 2 unspecified atom stereocenters. The van der Waals surface area contributed by atoms with E-state index in [4.69, 9.17) is 4.74 Å². The van der Waals surface area contributed by atoms with Crippen molar-refractivity contribution in [3.63, 3.8) is 0 Å². The van der Waals surface area contributed by atoms with Gasteiger partial charge < -0.3 is 9.64 Å². The fraction of sp³-hybridized carbons (Fsp3) is 0.529. The molecule has 0 saturated carbocycles. The van der Waals surface area contributed by atoms with E-state index in [0.717, 1.165) is 50.5 Å². The first-order valence-corrected chi connectivity index (χ1v) is 8.18. The lowest BCUT2D eigenvalue weighted by Crippen LogP contribution is -2.48. The van der Waals surface area contributed by atoms with E-state index in [0.29, 0.717) is 5.92 Å². The molecule has 2 aromatic heterocycles. The summed E-state index contributed by atoms with van der Waals surface area (Å²) in [4.78, 5) is 10.6. The van der Waals surface area contributed by atoms with Gasteiger partial charge >= 0.3 is 0 Å². The molecule has 0 aromatic carbocycles. The fourth-order valence-electron chi connectivity index (χ4n) is 3.72. The summed E-state index contributed by atoms with van der Waals surface area (Å²) in [6.45, 7) is 4.61. The first-order valence-electron chi connectivity index (χ1n) is 8.18. The molecule has 23 heavy (non-hydrogen) atoms. The molecule has 1 spiro atoms. The lowest BCUT2D eigenvalue weighted by molar-refractivity contribution is -0.00667. The lowest BCUT2D eigenvalue weighted by Gasteiger charge is -2.40.